The van der Waals surface area contributed by atoms with E-state index in [9.17, 15) is 4.79 Å². The van der Waals surface area contributed by atoms with Crippen LogP contribution in [-0.4, -0.2) is 12.4 Å². The molecule has 0 amide bonds. The molecule has 2 nitrogen and oxygen atoms in total. The minimum atomic E-state index is 0.259. The fourth-order valence-corrected chi connectivity index (χ4v) is 2.62. The first kappa shape index (κ1) is 12.8. The number of carbonyl (C=O) groups excluding carboxylic acids is 1. The quantitative estimate of drug-likeness (QED) is 0.774. The van der Waals surface area contributed by atoms with E-state index in [-0.39, 0.29) is 5.92 Å². The van der Waals surface area contributed by atoms with E-state index in [0.29, 0.717) is 19.0 Å². The molecule has 0 aromatic heterocycles. The molecule has 1 aromatic rings. The highest BCUT2D eigenvalue weighted by Crippen LogP contribution is 2.24. The van der Waals surface area contributed by atoms with Crippen LogP contribution >= 0.6 is 15.9 Å². The molecule has 1 aliphatic carbocycles. The summed E-state index contributed by atoms with van der Waals surface area (Å²) < 4.78 is 6.71. The van der Waals surface area contributed by atoms with Crippen molar-refractivity contribution in [1.82, 2.24) is 0 Å². The Morgan fingerprint density at radius 2 is 2.18 bits per heavy atom. The summed E-state index contributed by atoms with van der Waals surface area (Å²) in [4.78, 5) is 11.4. The predicted molar refractivity (Wildman–Crippen MR) is 70.8 cm³/mol. The number of ketones is 1. The lowest BCUT2D eigenvalue weighted by atomic mass is 10.0. The van der Waals surface area contributed by atoms with E-state index < -0.39 is 0 Å². The third kappa shape index (κ3) is 3.65. The van der Waals surface area contributed by atoms with Gasteiger partial charge in [-0.15, -0.1) is 0 Å². The summed E-state index contributed by atoms with van der Waals surface area (Å²) in [7, 11) is 0. The van der Waals surface area contributed by atoms with Gasteiger partial charge in [0.2, 0.25) is 0 Å². The molecule has 0 bridgehead atoms. The Bertz CT molecular complexity index is 390. The molecule has 1 saturated carbocycles. The normalized spacial score (nSPS) is 19.8. The van der Waals surface area contributed by atoms with Gasteiger partial charge in [-0.1, -0.05) is 34.1 Å². The van der Waals surface area contributed by atoms with Gasteiger partial charge in [0.05, 0.1) is 6.61 Å². The van der Waals surface area contributed by atoms with Crippen molar-refractivity contribution >= 4 is 21.7 Å². The lowest BCUT2D eigenvalue weighted by molar-refractivity contribution is -0.121. The number of rotatable bonds is 5. The highest BCUT2D eigenvalue weighted by molar-refractivity contribution is 9.10. The van der Waals surface area contributed by atoms with Crippen molar-refractivity contribution in [3.8, 4) is 0 Å². The van der Waals surface area contributed by atoms with Crippen LogP contribution in [0.2, 0.25) is 0 Å². The molecule has 0 heterocycles. The SMILES string of the molecule is O=C1CCCC1CCOCc1ccccc1Br. The van der Waals surface area contributed by atoms with Crippen molar-refractivity contribution in [2.45, 2.75) is 32.3 Å². The zero-order valence-electron chi connectivity index (χ0n) is 9.82. The molecule has 2 rings (SSSR count). The van der Waals surface area contributed by atoms with Crippen molar-refractivity contribution in [2.24, 2.45) is 5.92 Å². The Kier molecular flexibility index (Phi) is 4.75. The van der Waals surface area contributed by atoms with Crippen LogP contribution in [-0.2, 0) is 16.1 Å². The Labute approximate surface area is 110 Å². The maximum Gasteiger partial charge on any atom is 0.136 e. The zero-order chi connectivity index (χ0) is 12.1. The maximum absolute atomic E-state index is 11.4. The summed E-state index contributed by atoms with van der Waals surface area (Å²) in [5, 5.41) is 0. The number of halogens is 1. The van der Waals surface area contributed by atoms with Gasteiger partial charge in [-0.05, 0) is 30.9 Å². The summed E-state index contributed by atoms with van der Waals surface area (Å²) in [6.07, 6.45) is 3.77. The van der Waals surface area contributed by atoms with Gasteiger partial charge >= 0.3 is 0 Å². The fourth-order valence-electron chi connectivity index (χ4n) is 2.22. The molecule has 17 heavy (non-hydrogen) atoms. The molecule has 1 unspecified atom stereocenters. The number of hydrogen-bond donors (Lipinski definition) is 0. The summed E-state index contributed by atoms with van der Waals surface area (Å²) in [5.41, 5.74) is 1.16. The fraction of sp³-hybridized carbons (Fsp3) is 0.500. The van der Waals surface area contributed by atoms with E-state index in [1.807, 2.05) is 24.3 Å². The van der Waals surface area contributed by atoms with E-state index in [2.05, 4.69) is 15.9 Å². The first-order valence-electron chi connectivity index (χ1n) is 6.11. The van der Waals surface area contributed by atoms with E-state index in [1.165, 1.54) is 0 Å². The Balaban J connectivity index is 1.70. The minimum Gasteiger partial charge on any atom is -0.377 e. The van der Waals surface area contributed by atoms with Crippen molar-refractivity contribution in [2.75, 3.05) is 6.61 Å². The van der Waals surface area contributed by atoms with Crippen LogP contribution in [0.25, 0.3) is 0 Å². The average molecular weight is 297 g/mol. The first-order valence-corrected chi connectivity index (χ1v) is 6.90. The lowest BCUT2D eigenvalue weighted by Crippen LogP contribution is -2.09. The maximum atomic E-state index is 11.4. The first-order chi connectivity index (χ1) is 8.27. The Morgan fingerprint density at radius 3 is 2.88 bits per heavy atom. The van der Waals surface area contributed by atoms with Gasteiger partial charge in [0.1, 0.15) is 5.78 Å². The molecule has 1 aromatic carbocycles. The smallest absolute Gasteiger partial charge is 0.136 e. The largest absolute Gasteiger partial charge is 0.377 e. The molecule has 0 saturated heterocycles. The molecule has 1 aliphatic rings. The van der Waals surface area contributed by atoms with Crippen molar-refractivity contribution in [3.63, 3.8) is 0 Å². The zero-order valence-corrected chi connectivity index (χ0v) is 11.4. The number of hydrogen-bond acceptors (Lipinski definition) is 2. The number of Topliss-reactive ketones (excluding diaryl/α,β-unsaturated/α-hetero) is 1. The highest BCUT2D eigenvalue weighted by atomic mass is 79.9. The van der Waals surface area contributed by atoms with Gasteiger partial charge in [-0.3, -0.25) is 4.79 Å². The Hall–Kier alpha value is -0.670. The number of carbonyl (C=O) groups is 1. The van der Waals surface area contributed by atoms with Crippen LogP contribution in [0.4, 0.5) is 0 Å². The van der Waals surface area contributed by atoms with Crippen LogP contribution < -0.4 is 0 Å². The van der Waals surface area contributed by atoms with Gasteiger partial charge in [0, 0.05) is 23.4 Å². The van der Waals surface area contributed by atoms with Crippen LogP contribution in [0.5, 0.6) is 0 Å². The monoisotopic (exact) mass is 296 g/mol. The second-order valence-corrected chi connectivity index (χ2v) is 5.34. The molecule has 0 radical (unpaired) electrons. The standard InChI is InChI=1S/C14H17BrO2/c15-13-6-2-1-4-12(13)10-17-9-8-11-5-3-7-14(11)16/h1-2,4,6,11H,3,5,7-10H2. The molecule has 0 aliphatic heterocycles. The summed E-state index contributed by atoms with van der Waals surface area (Å²) >= 11 is 3.49. The third-order valence-corrected chi connectivity index (χ3v) is 4.03. The molecule has 0 spiro atoms. The second-order valence-electron chi connectivity index (χ2n) is 4.49. The third-order valence-electron chi connectivity index (χ3n) is 3.26. The minimum absolute atomic E-state index is 0.259. The Morgan fingerprint density at radius 1 is 1.35 bits per heavy atom. The number of ether oxygens (including phenoxy) is 1. The molecule has 92 valence electrons. The average Bonchev–Trinajstić information content (AvgIpc) is 2.73. The van der Waals surface area contributed by atoms with Crippen molar-refractivity contribution in [1.29, 1.82) is 0 Å². The van der Waals surface area contributed by atoms with Crippen LogP contribution in [0.3, 0.4) is 0 Å². The van der Waals surface area contributed by atoms with E-state index in [0.717, 1.165) is 35.7 Å². The molecule has 1 fully saturated rings. The highest BCUT2D eigenvalue weighted by Gasteiger charge is 2.23. The molecular weight excluding hydrogens is 280 g/mol. The van der Waals surface area contributed by atoms with E-state index in [1.54, 1.807) is 0 Å². The van der Waals surface area contributed by atoms with Crippen molar-refractivity contribution < 1.29 is 9.53 Å². The van der Waals surface area contributed by atoms with E-state index >= 15 is 0 Å². The summed E-state index contributed by atoms with van der Waals surface area (Å²) in [6.45, 7) is 1.29. The summed E-state index contributed by atoms with van der Waals surface area (Å²) in [5.74, 6) is 0.684. The van der Waals surface area contributed by atoms with Gasteiger partial charge in [-0.25, -0.2) is 0 Å². The van der Waals surface area contributed by atoms with Crippen LogP contribution in [0, 0.1) is 5.92 Å². The van der Waals surface area contributed by atoms with Crippen molar-refractivity contribution in [3.05, 3.63) is 34.3 Å². The predicted octanol–water partition coefficient (Wildman–Crippen LogP) is 3.73. The van der Waals surface area contributed by atoms with Gasteiger partial charge in [0.15, 0.2) is 0 Å². The van der Waals surface area contributed by atoms with Crippen LogP contribution in [0.1, 0.15) is 31.2 Å². The topological polar surface area (TPSA) is 26.3 Å². The van der Waals surface area contributed by atoms with Gasteiger partial charge in [-0.2, -0.15) is 0 Å². The van der Waals surface area contributed by atoms with E-state index in [4.69, 9.17) is 4.74 Å². The number of benzene rings is 1. The van der Waals surface area contributed by atoms with Gasteiger partial charge < -0.3 is 4.74 Å². The molecule has 0 N–H and O–H groups in total. The summed E-state index contributed by atoms with van der Waals surface area (Å²) in [6, 6.07) is 8.05. The van der Waals surface area contributed by atoms with Gasteiger partial charge in [0.25, 0.3) is 0 Å². The lowest BCUT2D eigenvalue weighted by Gasteiger charge is -2.09. The second kappa shape index (κ2) is 6.31. The molecule has 1 atom stereocenters. The molecule has 3 heteroatoms. The van der Waals surface area contributed by atoms with Crippen LogP contribution in [0.15, 0.2) is 28.7 Å². The molecular formula is C14H17BrO2.